The Bertz CT molecular complexity index is 734. The fourth-order valence-electron chi connectivity index (χ4n) is 7.42. The molecule has 0 unspecified atom stereocenters. The molecule has 6 heteroatoms. The van der Waals surface area contributed by atoms with Crippen LogP contribution in [-0.4, -0.2) is 64.7 Å². The molecule has 4 saturated carbocycles. The van der Waals surface area contributed by atoms with E-state index in [0.717, 1.165) is 44.0 Å². The Morgan fingerprint density at radius 3 is 2.62 bits per heavy atom. The lowest BCUT2D eigenvalue weighted by atomic mass is 9.53. The largest absolute Gasteiger partial charge is 0.373 e. The molecule has 3 heterocycles. The molecule has 0 aromatic carbocycles. The first-order chi connectivity index (χ1) is 14.2. The number of ether oxygens (including phenoxy) is 1. The van der Waals surface area contributed by atoms with E-state index in [-0.39, 0.29) is 23.7 Å². The topological polar surface area (TPSA) is 57.7 Å². The monoisotopic (exact) mass is 396 g/mol. The molecule has 2 saturated heterocycles. The highest BCUT2D eigenvalue weighted by molar-refractivity contribution is 5.75. The predicted molar refractivity (Wildman–Crippen MR) is 109 cm³/mol. The molecule has 6 fully saturated rings. The van der Waals surface area contributed by atoms with Gasteiger partial charge in [0.05, 0.1) is 25.3 Å². The van der Waals surface area contributed by atoms with Gasteiger partial charge in [0.15, 0.2) is 0 Å². The van der Waals surface area contributed by atoms with Crippen molar-refractivity contribution >= 4 is 6.03 Å². The summed E-state index contributed by atoms with van der Waals surface area (Å²) in [6.07, 6.45) is 11.7. The molecule has 1 N–H and O–H groups in total. The number of morpholine rings is 1. The highest BCUT2D eigenvalue weighted by Crippen LogP contribution is 2.55. The van der Waals surface area contributed by atoms with E-state index in [0.29, 0.717) is 6.54 Å². The van der Waals surface area contributed by atoms with E-state index in [2.05, 4.69) is 21.3 Å². The van der Waals surface area contributed by atoms with Crippen molar-refractivity contribution < 1.29 is 9.53 Å². The molecule has 1 aromatic rings. The summed E-state index contributed by atoms with van der Waals surface area (Å²) in [6, 6.07) is 4.55. The lowest BCUT2D eigenvalue weighted by Crippen LogP contribution is -2.61. The number of aromatic nitrogens is 1. The van der Waals surface area contributed by atoms with Gasteiger partial charge in [0.2, 0.25) is 0 Å². The first-order valence-corrected chi connectivity index (χ1v) is 11.5. The summed E-state index contributed by atoms with van der Waals surface area (Å²) in [6.45, 7) is 4.02. The van der Waals surface area contributed by atoms with Crippen LogP contribution in [-0.2, 0) is 11.3 Å². The highest BCUT2D eigenvalue weighted by atomic mass is 16.5. The molecule has 2 aliphatic heterocycles. The van der Waals surface area contributed by atoms with E-state index >= 15 is 0 Å². The van der Waals surface area contributed by atoms with Crippen LogP contribution in [0.4, 0.5) is 4.79 Å². The first-order valence-electron chi connectivity index (χ1n) is 11.5. The Morgan fingerprint density at radius 2 is 1.93 bits per heavy atom. The molecule has 1 aromatic heterocycles. The number of nitrogens with zero attached hydrogens (tertiary/aromatic N) is 3. The van der Waals surface area contributed by atoms with E-state index in [4.69, 9.17) is 4.74 Å². The fraction of sp³-hybridized carbons (Fsp3) is 0.739. The number of amides is 2. The number of pyridine rings is 1. The number of carbonyl (C=O) groups excluding carboxylic acids is 1. The zero-order valence-corrected chi connectivity index (χ0v) is 17.1. The van der Waals surface area contributed by atoms with Crippen LogP contribution in [0.3, 0.4) is 0 Å². The first kappa shape index (κ1) is 18.1. The van der Waals surface area contributed by atoms with Crippen molar-refractivity contribution in [1.29, 1.82) is 0 Å². The van der Waals surface area contributed by atoms with Crippen LogP contribution < -0.4 is 5.32 Å². The second-order valence-corrected chi connectivity index (χ2v) is 10.3. The van der Waals surface area contributed by atoms with Crippen LogP contribution in [0.5, 0.6) is 0 Å². The van der Waals surface area contributed by atoms with Crippen molar-refractivity contribution in [3.05, 3.63) is 30.1 Å². The van der Waals surface area contributed by atoms with Gasteiger partial charge in [0.1, 0.15) is 0 Å². The molecular weight excluding hydrogens is 364 g/mol. The molecule has 0 spiro atoms. The van der Waals surface area contributed by atoms with Crippen molar-refractivity contribution in [2.75, 3.05) is 26.2 Å². The number of urea groups is 1. The molecule has 6 aliphatic rings. The van der Waals surface area contributed by atoms with Crippen LogP contribution in [0, 0.1) is 17.8 Å². The number of rotatable bonds is 3. The molecule has 2 atom stereocenters. The van der Waals surface area contributed by atoms with Crippen molar-refractivity contribution in [3.63, 3.8) is 0 Å². The van der Waals surface area contributed by atoms with Crippen LogP contribution in [0.15, 0.2) is 24.5 Å². The number of nitrogens with one attached hydrogen (secondary N) is 1. The highest BCUT2D eigenvalue weighted by Gasteiger charge is 2.52. The number of hydrogen-bond donors (Lipinski definition) is 1. The average Bonchev–Trinajstić information content (AvgIpc) is 3.13. The maximum absolute atomic E-state index is 13.3. The van der Waals surface area contributed by atoms with Gasteiger partial charge in [-0.25, -0.2) is 4.79 Å². The Hall–Kier alpha value is -1.66. The molecule has 6 nitrogen and oxygen atoms in total. The van der Waals surface area contributed by atoms with Gasteiger partial charge >= 0.3 is 6.03 Å². The third-order valence-electron chi connectivity index (χ3n) is 8.22. The van der Waals surface area contributed by atoms with Crippen molar-refractivity contribution in [3.8, 4) is 0 Å². The number of hydrogen-bond acceptors (Lipinski definition) is 4. The van der Waals surface area contributed by atoms with Gasteiger partial charge in [-0.3, -0.25) is 9.88 Å². The molecule has 156 valence electrons. The SMILES string of the molecule is O=C(NC12CC3CC(CC(C3)C1)C2)N1C[C@@H]2OCCN(Cc3cccnc3)[C@H]2C1. The number of likely N-dealkylation sites (tertiary alicyclic amines) is 1. The van der Waals surface area contributed by atoms with Crippen LogP contribution in [0.1, 0.15) is 44.1 Å². The standard InChI is InChI=1S/C23H32N4O2/c28-22(25-23-9-17-6-18(10-23)8-19(7-17)11-23)27-14-20-21(15-27)29-5-4-26(20)13-16-2-1-3-24-12-16/h1-3,12,17-21H,4-11,13-15H2,(H,25,28)/t17?,18?,19?,20-,21-,23?/m0/s1. The minimum absolute atomic E-state index is 0.0792. The minimum atomic E-state index is 0.0792. The van der Waals surface area contributed by atoms with Crippen LogP contribution >= 0.6 is 0 Å². The molecule has 0 radical (unpaired) electrons. The van der Waals surface area contributed by atoms with Crippen molar-refractivity contribution in [2.24, 2.45) is 17.8 Å². The van der Waals surface area contributed by atoms with Gasteiger partial charge in [-0.15, -0.1) is 0 Å². The molecule has 2 amide bonds. The van der Waals surface area contributed by atoms with Gasteiger partial charge in [-0.2, -0.15) is 0 Å². The summed E-state index contributed by atoms with van der Waals surface area (Å²) in [4.78, 5) is 22.0. The Kier molecular flexibility index (Phi) is 4.34. The van der Waals surface area contributed by atoms with E-state index < -0.39 is 0 Å². The van der Waals surface area contributed by atoms with Gasteiger partial charge < -0.3 is 15.0 Å². The Labute approximate surface area is 173 Å². The lowest BCUT2D eigenvalue weighted by molar-refractivity contribution is -0.0504. The van der Waals surface area contributed by atoms with Crippen molar-refractivity contribution in [1.82, 2.24) is 20.1 Å². The molecule has 4 aliphatic carbocycles. The second kappa shape index (κ2) is 6.95. The third-order valence-corrected chi connectivity index (χ3v) is 8.22. The van der Waals surface area contributed by atoms with Gasteiger partial charge in [-0.1, -0.05) is 6.07 Å². The number of fused-ring (bicyclic) bond motifs is 1. The zero-order valence-electron chi connectivity index (χ0n) is 17.1. The second-order valence-electron chi connectivity index (χ2n) is 10.3. The maximum Gasteiger partial charge on any atom is 0.317 e. The number of carbonyl (C=O) groups is 1. The smallest absolute Gasteiger partial charge is 0.317 e. The minimum Gasteiger partial charge on any atom is -0.373 e. The Morgan fingerprint density at radius 1 is 1.17 bits per heavy atom. The third kappa shape index (κ3) is 3.34. The van der Waals surface area contributed by atoms with Crippen LogP contribution in [0.25, 0.3) is 0 Å². The fourth-order valence-corrected chi connectivity index (χ4v) is 7.42. The summed E-state index contributed by atoms with van der Waals surface area (Å²) in [5, 5.41) is 3.54. The van der Waals surface area contributed by atoms with E-state index in [9.17, 15) is 4.79 Å². The van der Waals surface area contributed by atoms with E-state index in [1.165, 1.54) is 44.1 Å². The van der Waals surface area contributed by atoms with Gasteiger partial charge in [-0.05, 0) is 67.9 Å². The molecular formula is C23H32N4O2. The summed E-state index contributed by atoms with van der Waals surface area (Å²) in [5.74, 6) is 2.54. The van der Waals surface area contributed by atoms with Crippen molar-refractivity contribution in [2.45, 2.75) is 62.8 Å². The zero-order chi connectivity index (χ0) is 19.4. The maximum atomic E-state index is 13.3. The van der Waals surface area contributed by atoms with E-state index in [1.54, 1.807) is 0 Å². The van der Waals surface area contributed by atoms with Gasteiger partial charge in [0.25, 0.3) is 0 Å². The summed E-state index contributed by atoms with van der Waals surface area (Å²) in [7, 11) is 0. The molecule has 29 heavy (non-hydrogen) atoms. The summed E-state index contributed by atoms with van der Waals surface area (Å²) < 4.78 is 6.07. The normalized spacial score (nSPS) is 40.8. The average molecular weight is 397 g/mol. The molecule has 7 rings (SSSR count). The molecule has 4 bridgehead atoms. The predicted octanol–water partition coefficient (Wildman–Crippen LogP) is 2.65. The van der Waals surface area contributed by atoms with E-state index in [1.807, 2.05) is 23.4 Å². The van der Waals surface area contributed by atoms with Gasteiger partial charge in [0, 0.05) is 37.6 Å². The summed E-state index contributed by atoms with van der Waals surface area (Å²) >= 11 is 0. The Balaban J connectivity index is 1.12. The summed E-state index contributed by atoms with van der Waals surface area (Å²) in [5.41, 5.74) is 1.31. The lowest BCUT2D eigenvalue weighted by Gasteiger charge is -2.57. The van der Waals surface area contributed by atoms with Crippen LogP contribution in [0.2, 0.25) is 0 Å². The quantitative estimate of drug-likeness (QED) is 0.853.